The number of rotatable bonds is 4. The lowest BCUT2D eigenvalue weighted by atomic mass is 10.3. The molecule has 0 saturated heterocycles. The van der Waals surface area contributed by atoms with Crippen molar-refractivity contribution >= 4 is 38.7 Å². The molecule has 24 heavy (non-hydrogen) atoms. The number of fused-ring (bicyclic) bond motifs is 1. The van der Waals surface area contributed by atoms with Crippen LogP contribution in [0.25, 0.3) is 11.0 Å². The topological polar surface area (TPSA) is 98.3 Å². The Morgan fingerprint density at radius 3 is 2.71 bits per heavy atom. The molecule has 0 radical (unpaired) electrons. The van der Waals surface area contributed by atoms with Crippen molar-refractivity contribution in [2.24, 2.45) is 0 Å². The fraction of sp³-hybridized carbons (Fsp3) is 0.0667. The number of hydrogen-bond donors (Lipinski definition) is 1. The van der Waals surface area contributed by atoms with Gasteiger partial charge in [-0.2, -0.15) is 8.42 Å². The quantitative estimate of drug-likeness (QED) is 0.563. The van der Waals surface area contributed by atoms with E-state index in [1.54, 1.807) is 6.07 Å². The van der Waals surface area contributed by atoms with Crippen LogP contribution in [-0.4, -0.2) is 31.5 Å². The van der Waals surface area contributed by atoms with E-state index in [1.807, 2.05) is 0 Å². The Hall–Kier alpha value is -2.58. The largest absolute Gasteiger partial charge is 0.463 e. The van der Waals surface area contributed by atoms with Crippen LogP contribution in [0, 0.1) is 0 Å². The van der Waals surface area contributed by atoms with Crippen LogP contribution in [0.3, 0.4) is 0 Å². The number of ether oxygens (including phenoxy) is 1. The zero-order valence-electron chi connectivity index (χ0n) is 12.3. The van der Waals surface area contributed by atoms with E-state index < -0.39 is 16.1 Å². The molecule has 0 spiro atoms. The van der Waals surface area contributed by atoms with Gasteiger partial charge in [0.1, 0.15) is 10.6 Å². The van der Waals surface area contributed by atoms with E-state index in [0.29, 0.717) is 11.0 Å². The predicted molar refractivity (Wildman–Crippen MR) is 86.7 cm³/mol. The van der Waals surface area contributed by atoms with Crippen molar-refractivity contribution in [3.05, 3.63) is 53.3 Å². The van der Waals surface area contributed by atoms with Gasteiger partial charge in [-0.1, -0.05) is 17.7 Å². The third kappa shape index (κ3) is 3.19. The van der Waals surface area contributed by atoms with Gasteiger partial charge in [-0.05, 0) is 30.3 Å². The molecule has 3 aromatic rings. The van der Waals surface area contributed by atoms with Gasteiger partial charge >= 0.3 is 16.1 Å². The summed E-state index contributed by atoms with van der Waals surface area (Å²) in [6.07, 6.45) is 0. The number of carbonyl (C=O) groups excluding carboxylic acids is 1. The number of imidazole rings is 1. The Kier molecular flexibility index (Phi) is 4.16. The zero-order valence-corrected chi connectivity index (χ0v) is 13.9. The number of benzene rings is 2. The van der Waals surface area contributed by atoms with Crippen LogP contribution in [0.5, 0.6) is 5.75 Å². The van der Waals surface area contributed by atoms with Gasteiger partial charge in [0, 0.05) is 11.1 Å². The van der Waals surface area contributed by atoms with Gasteiger partial charge in [0.05, 0.1) is 18.1 Å². The van der Waals surface area contributed by atoms with Crippen molar-refractivity contribution in [3.8, 4) is 5.75 Å². The molecule has 1 heterocycles. The molecule has 0 aliphatic carbocycles. The molecule has 1 N–H and O–H groups in total. The molecule has 0 bridgehead atoms. The maximum absolute atomic E-state index is 12.3. The lowest BCUT2D eigenvalue weighted by Crippen LogP contribution is -2.09. The zero-order chi connectivity index (χ0) is 17.3. The van der Waals surface area contributed by atoms with Crippen molar-refractivity contribution in [1.82, 2.24) is 9.97 Å². The number of aromatic nitrogens is 2. The number of methoxy groups -OCH3 is 1. The number of hydrogen-bond acceptors (Lipinski definition) is 6. The van der Waals surface area contributed by atoms with Gasteiger partial charge < -0.3 is 13.9 Å². The highest BCUT2D eigenvalue weighted by Crippen LogP contribution is 2.24. The predicted octanol–water partition coefficient (Wildman–Crippen LogP) is 2.77. The summed E-state index contributed by atoms with van der Waals surface area (Å²) in [7, 11) is -2.79. The molecule has 0 fully saturated rings. The van der Waals surface area contributed by atoms with Crippen molar-refractivity contribution in [3.63, 3.8) is 0 Å². The van der Waals surface area contributed by atoms with E-state index in [-0.39, 0.29) is 21.5 Å². The first kappa shape index (κ1) is 16.3. The van der Waals surface area contributed by atoms with Crippen molar-refractivity contribution in [2.75, 3.05) is 7.11 Å². The molecule has 124 valence electrons. The molecule has 0 atom stereocenters. The fourth-order valence-corrected chi connectivity index (χ4v) is 3.26. The van der Waals surface area contributed by atoms with Gasteiger partial charge in [-0.3, -0.25) is 0 Å². The van der Waals surface area contributed by atoms with Gasteiger partial charge in [-0.15, -0.1) is 0 Å². The Morgan fingerprint density at radius 1 is 1.21 bits per heavy atom. The Bertz CT molecular complexity index is 1030. The monoisotopic (exact) mass is 366 g/mol. The first-order valence-electron chi connectivity index (χ1n) is 6.67. The third-order valence-corrected chi connectivity index (χ3v) is 4.60. The number of H-pyrrole nitrogens is 1. The summed E-state index contributed by atoms with van der Waals surface area (Å²) in [6, 6.07) is 10.1. The molecule has 0 aliphatic rings. The minimum absolute atomic E-state index is 0.0161. The average Bonchev–Trinajstić information content (AvgIpc) is 2.97. The average molecular weight is 367 g/mol. The van der Waals surface area contributed by atoms with Crippen LogP contribution in [0.1, 0.15) is 10.6 Å². The minimum Gasteiger partial charge on any atom is -0.463 e. The highest BCUT2D eigenvalue weighted by Gasteiger charge is 2.18. The van der Waals surface area contributed by atoms with Gasteiger partial charge in [0.25, 0.3) is 0 Å². The number of nitrogens with one attached hydrogen (secondary N) is 1. The van der Waals surface area contributed by atoms with Crippen molar-refractivity contribution < 1.29 is 22.1 Å². The van der Waals surface area contributed by atoms with E-state index >= 15 is 0 Å². The SMILES string of the molecule is COC(=O)c1nc2ccc(OS(=O)(=O)c3cccc(Cl)c3)cc2[nH]1. The maximum Gasteiger partial charge on any atom is 0.374 e. The van der Waals surface area contributed by atoms with Gasteiger partial charge in [0.2, 0.25) is 5.82 Å². The number of nitrogens with zero attached hydrogens (tertiary/aromatic N) is 1. The van der Waals surface area contributed by atoms with Crippen LogP contribution in [0.4, 0.5) is 0 Å². The highest BCUT2D eigenvalue weighted by atomic mass is 35.5. The fourth-order valence-electron chi connectivity index (χ4n) is 2.03. The van der Waals surface area contributed by atoms with E-state index in [2.05, 4.69) is 14.7 Å². The summed E-state index contributed by atoms with van der Waals surface area (Å²) in [6.45, 7) is 0. The van der Waals surface area contributed by atoms with Crippen molar-refractivity contribution in [1.29, 1.82) is 0 Å². The summed E-state index contributed by atoms with van der Waals surface area (Å²) in [5.41, 5.74) is 0.914. The first-order chi connectivity index (χ1) is 11.4. The third-order valence-electron chi connectivity index (χ3n) is 3.12. The molecule has 2 aromatic carbocycles. The Labute approximate surface area is 142 Å². The standard InChI is InChI=1S/C15H11ClN2O5S/c1-22-15(19)14-17-12-6-5-10(8-13(12)18-14)23-24(20,21)11-4-2-3-9(16)7-11/h2-8H,1H3,(H,17,18). The molecule has 7 nitrogen and oxygen atoms in total. The highest BCUT2D eigenvalue weighted by molar-refractivity contribution is 7.87. The second-order valence-electron chi connectivity index (χ2n) is 4.75. The van der Waals surface area contributed by atoms with Crippen LogP contribution in [-0.2, 0) is 14.9 Å². The minimum atomic E-state index is -4.03. The van der Waals surface area contributed by atoms with Crippen LogP contribution in [0.2, 0.25) is 5.02 Å². The number of halogens is 1. The lowest BCUT2D eigenvalue weighted by Gasteiger charge is -2.07. The first-order valence-corrected chi connectivity index (χ1v) is 8.46. The molecule has 1 aromatic heterocycles. The second-order valence-corrected chi connectivity index (χ2v) is 6.73. The summed E-state index contributed by atoms with van der Waals surface area (Å²) in [5, 5.41) is 0.284. The number of carbonyl (C=O) groups is 1. The molecular weight excluding hydrogens is 356 g/mol. The summed E-state index contributed by atoms with van der Waals surface area (Å²) < 4.78 is 34.2. The van der Waals surface area contributed by atoms with Crippen LogP contribution < -0.4 is 4.18 Å². The normalized spacial score (nSPS) is 11.4. The van der Waals surface area contributed by atoms with Crippen LogP contribution >= 0.6 is 11.6 Å². The van der Waals surface area contributed by atoms with E-state index in [9.17, 15) is 13.2 Å². The molecule has 9 heteroatoms. The molecule has 3 rings (SSSR count). The van der Waals surface area contributed by atoms with Crippen LogP contribution in [0.15, 0.2) is 47.4 Å². The Morgan fingerprint density at radius 2 is 2.00 bits per heavy atom. The smallest absolute Gasteiger partial charge is 0.374 e. The Balaban J connectivity index is 1.93. The van der Waals surface area contributed by atoms with Crippen molar-refractivity contribution in [2.45, 2.75) is 4.90 Å². The second kappa shape index (κ2) is 6.14. The van der Waals surface area contributed by atoms with Gasteiger partial charge in [-0.25, -0.2) is 9.78 Å². The maximum atomic E-state index is 12.3. The van der Waals surface area contributed by atoms with Gasteiger partial charge in [0.15, 0.2) is 0 Å². The summed E-state index contributed by atoms with van der Waals surface area (Å²) in [5.74, 6) is -0.537. The molecule has 0 saturated carbocycles. The summed E-state index contributed by atoms with van der Waals surface area (Å²) >= 11 is 5.80. The van der Waals surface area contributed by atoms with E-state index in [0.717, 1.165) is 0 Å². The van der Waals surface area contributed by atoms with E-state index in [4.69, 9.17) is 15.8 Å². The number of aromatic amines is 1. The molecular formula is C15H11ClN2O5S. The summed E-state index contributed by atoms with van der Waals surface area (Å²) in [4.78, 5) is 18.2. The molecule has 0 unspecified atom stereocenters. The molecule has 0 aliphatic heterocycles. The molecule has 0 amide bonds. The lowest BCUT2D eigenvalue weighted by molar-refractivity contribution is 0.0588. The number of esters is 1. The van der Waals surface area contributed by atoms with E-state index in [1.165, 1.54) is 43.5 Å².